The average molecular weight is 315 g/mol. The van der Waals surface area contributed by atoms with Gasteiger partial charge in [-0.05, 0) is 50.0 Å². The maximum Gasteiger partial charge on any atom is 0.242 e. The van der Waals surface area contributed by atoms with E-state index in [2.05, 4.69) is 9.62 Å². The van der Waals surface area contributed by atoms with Crippen molar-refractivity contribution >= 4 is 15.7 Å². The molecule has 0 saturated carbocycles. The Balaban J connectivity index is 1.94. The Kier molecular flexibility index (Phi) is 5.18. The number of rotatable bonds is 6. The fourth-order valence-corrected chi connectivity index (χ4v) is 3.84. The molecule has 1 aliphatic heterocycles. The number of benzene rings is 1. The molecule has 1 aliphatic rings. The molecule has 21 heavy (non-hydrogen) atoms. The van der Waals surface area contributed by atoms with Crippen LogP contribution >= 0.6 is 0 Å². The van der Waals surface area contributed by atoms with Gasteiger partial charge in [-0.3, -0.25) is 0 Å². The molecule has 1 unspecified atom stereocenters. The van der Waals surface area contributed by atoms with Gasteiger partial charge < -0.3 is 10.6 Å². The highest BCUT2D eigenvalue weighted by Gasteiger charge is 2.20. The number of nitrogen functional groups attached to an aromatic ring is 1. The second-order valence-corrected chi connectivity index (χ2v) is 7.38. The number of sulfonamides is 1. The van der Waals surface area contributed by atoms with Crippen molar-refractivity contribution in [3.63, 3.8) is 0 Å². The highest BCUT2D eigenvalue weighted by Crippen LogP contribution is 2.19. The van der Waals surface area contributed by atoms with E-state index >= 15 is 0 Å². The summed E-state index contributed by atoms with van der Waals surface area (Å²) in [4.78, 5) is 2.27. The van der Waals surface area contributed by atoms with E-state index in [0.717, 1.165) is 31.8 Å². The zero-order chi connectivity index (χ0) is 15.5. The van der Waals surface area contributed by atoms with Crippen molar-refractivity contribution in [3.8, 4) is 0 Å². The van der Waals surface area contributed by atoms with E-state index in [1.807, 2.05) is 6.92 Å². The molecule has 3 N–H and O–H groups in total. The Morgan fingerprint density at radius 3 is 2.67 bits per heavy atom. The van der Waals surface area contributed by atoms with E-state index in [0.29, 0.717) is 6.54 Å². The van der Waals surface area contributed by atoms with Gasteiger partial charge in [0.15, 0.2) is 0 Å². The number of anilines is 1. The number of nitrogens with one attached hydrogen (secondary N) is 1. The van der Waals surface area contributed by atoms with Crippen molar-refractivity contribution in [2.45, 2.75) is 24.7 Å². The van der Waals surface area contributed by atoms with Crippen LogP contribution in [0, 0.1) is 11.7 Å². The Morgan fingerprint density at radius 2 is 2.05 bits per heavy atom. The summed E-state index contributed by atoms with van der Waals surface area (Å²) in [6.45, 7) is 5.40. The summed E-state index contributed by atoms with van der Waals surface area (Å²) in [7, 11) is -3.70. The first-order valence-corrected chi connectivity index (χ1v) is 8.64. The van der Waals surface area contributed by atoms with Crippen LogP contribution in [0.15, 0.2) is 23.1 Å². The van der Waals surface area contributed by atoms with Gasteiger partial charge in [-0.2, -0.15) is 0 Å². The summed E-state index contributed by atoms with van der Waals surface area (Å²) >= 11 is 0. The summed E-state index contributed by atoms with van der Waals surface area (Å²) in [6.07, 6.45) is 2.43. The molecule has 1 aromatic rings. The van der Waals surface area contributed by atoms with Gasteiger partial charge >= 0.3 is 0 Å². The molecule has 118 valence electrons. The van der Waals surface area contributed by atoms with Gasteiger partial charge in [0.05, 0.1) is 5.69 Å². The van der Waals surface area contributed by atoms with Crippen LogP contribution < -0.4 is 10.5 Å². The molecule has 7 heteroatoms. The molecule has 2 rings (SSSR count). The summed E-state index contributed by atoms with van der Waals surface area (Å²) in [5.74, 6) is -0.339. The minimum absolute atomic E-state index is 0.0720. The third-order valence-electron chi connectivity index (χ3n) is 3.65. The third kappa shape index (κ3) is 4.39. The summed E-state index contributed by atoms with van der Waals surface area (Å²) < 4.78 is 39.9. The molecule has 0 bridgehead atoms. The van der Waals surface area contributed by atoms with Gasteiger partial charge in [0.25, 0.3) is 0 Å². The highest BCUT2D eigenvalue weighted by atomic mass is 32.2. The van der Waals surface area contributed by atoms with Gasteiger partial charge in [0.1, 0.15) is 10.7 Å². The molecule has 0 aromatic heterocycles. The maximum absolute atomic E-state index is 13.0. The smallest absolute Gasteiger partial charge is 0.242 e. The number of nitrogens with zero attached hydrogens (tertiary/aromatic N) is 1. The lowest BCUT2D eigenvalue weighted by atomic mass is 10.2. The number of likely N-dealkylation sites (tertiary alicyclic amines) is 1. The predicted octanol–water partition coefficient (Wildman–Crippen LogP) is 1.42. The first kappa shape index (κ1) is 16.2. The van der Waals surface area contributed by atoms with Crippen molar-refractivity contribution in [2.24, 2.45) is 5.92 Å². The molecule has 1 aromatic carbocycles. The molecule has 1 saturated heterocycles. The fourth-order valence-electron chi connectivity index (χ4n) is 2.56. The van der Waals surface area contributed by atoms with Crippen LogP contribution in [0.25, 0.3) is 0 Å². The van der Waals surface area contributed by atoms with E-state index in [4.69, 9.17) is 5.73 Å². The quantitative estimate of drug-likeness (QED) is 0.779. The van der Waals surface area contributed by atoms with E-state index in [1.165, 1.54) is 18.9 Å². The molecule has 0 aliphatic carbocycles. The molecule has 5 nitrogen and oxygen atoms in total. The first-order valence-electron chi connectivity index (χ1n) is 7.15. The summed E-state index contributed by atoms with van der Waals surface area (Å²) in [5, 5.41) is 0. The third-order valence-corrected chi connectivity index (χ3v) is 5.15. The zero-order valence-corrected chi connectivity index (χ0v) is 13.0. The van der Waals surface area contributed by atoms with E-state index in [9.17, 15) is 12.8 Å². The lowest BCUT2D eigenvalue weighted by Gasteiger charge is -2.20. The first-order chi connectivity index (χ1) is 9.88. The highest BCUT2D eigenvalue weighted by molar-refractivity contribution is 7.89. The van der Waals surface area contributed by atoms with Crippen LogP contribution in [-0.2, 0) is 10.0 Å². The van der Waals surface area contributed by atoms with Crippen LogP contribution in [-0.4, -0.2) is 39.5 Å². The van der Waals surface area contributed by atoms with Crippen LogP contribution in [0.2, 0.25) is 0 Å². The molecule has 1 heterocycles. The molecule has 1 atom stereocenters. The zero-order valence-electron chi connectivity index (χ0n) is 12.2. The SMILES string of the molecule is CC(CNS(=O)(=O)c1ccc(F)cc1N)CN1CCCC1. The fraction of sp³-hybridized carbons (Fsp3) is 0.571. The van der Waals surface area contributed by atoms with Crippen LogP contribution in [0.5, 0.6) is 0 Å². The van der Waals surface area contributed by atoms with Crippen LogP contribution in [0.4, 0.5) is 10.1 Å². The molecular weight excluding hydrogens is 293 g/mol. The van der Waals surface area contributed by atoms with E-state index in [1.54, 1.807) is 0 Å². The van der Waals surface area contributed by atoms with Crippen molar-refractivity contribution in [1.82, 2.24) is 9.62 Å². The molecular formula is C14H22FN3O2S. The average Bonchev–Trinajstić information content (AvgIpc) is 2.89. The van der Waals surface area contributed by atoms with Crippen molar-refractivity contribution in [2.75, 3.05) is 31.9 Å². The number of hydrogen-bond acceptors (Lipinski definition) is 4. The van der Waals surface area contributed by atoms with E-state index in [-0.39, 0.29) is 16.5 Å². The van der Waals surface area contributed by atoms with Crippen LogP contribution in [0.3, 0.4) is 0 Å². The molecule has 1 fully saturated rings. The standard InChI is InChI=1S/C14H22FN3O2S/c1-11(10-18-6-2-3-7-18)9-17-21(19,20)14-5-4-12(15)8-13(14)16/h4-5,8,11,17H,2-3,6-7,9-10,16H2,1H3. The largest absolute Gasteiger partial charge is 0.398 e. The van der Waals surface area contributed by atoms with Crippen LogP contribution in [0.1, 0.15) is 19.8 Å². The summed E-state index contributed by atoms with van der Waals surface area (Å²) in [5.41, 5.74) is 5.50. The maximum atomic E-state index is 13.0. The van der Waals surface area contributed by atoms with Crippen molar-refractivity contribution < 1.29 is 12.8 Å². The Morgan fingerprint density at radius 1 is 1.38 bits per heavy atom. The molecule has 0 radical (unpaired) electrons. The Labute approximate surface area is 125 Å². The number of nitrogens with two attached hydrogens (primary N) is 1. The Bertz CT molecular complexity index is 586. The van der Waals surface area contributed by atoms with Crippen molar-refractivity contribution in [1.29, 1.82) is 0 Å². The normalized spacial score (nSPS) is 18.0. The topological polar surface area (TPSA) is 75.4 Å². The number of hydrogen-bond donors (Lipinski definition) is 2. The minimum Gasteiger partial charge on any atom is -0.398 e. The van der Waals surface area contributed by atoms with Gasteiger partial charge in [-0.15, -0.1) is 0 Å². The Hall–Kier alpha value is -1.18. The second-order valence-electron chi connectivity index (χ2n) is 5.65. The van der Waals surface area contributed by atoms with Gasteiger partial charge in [-0.1, -0.05) is 6.92 Å². The van der Waals surface area contributed by atoms with Gasteiger partial charge in [0, 0.05) is 13.1 Å². The molecule has 0 spiro atoms. The van der Waals surface area contributed by atoms with Crippen molar-refractivity contribution in [3.05, 3.63) is 24.0 Å². The van der Waals surface area contributed by atoms with Gasteiger partial charge in [0.2, 0.25) is 10.0 Å². The second kappa shape index (κ2) is 6.72. The van der Waals surface area contributed by atoms with Gasteiger partial charge in [-0.25, -0.2) is 17.5 Å². The minimum atomic E-state index is -3.70. The lowest BCUT2D eigenvalue weighted by Crippen LogP contribution is -2.34. The predicted molar refractivity (Wildman–Crippen MR) is 80.8 cm³/mol. The monoisotopic (exact) mass is 315 g/mol. The number of halogens is 1. The van der Waals surface area contributed by atoms with E-state index < -0.39 is 15.8 Å². The molecule has 0 amide bonds. The lowest BCUT2D eigenvalue weighted by molar-refractivity contribution is 0.288. The summed E-state index contributed by atoms with van der Waals surface area (Å²) in [6, 6.07) is 3.30.